The van der Waals surface area contributed by atoms with Crippen LogP contribution in [0.25, 0.3) is 110 Å². The van der Waals surface area contributed by atoms with Gasteiger partial charge in [-0.3, -0.25) is 0 Å². The van der Waals surface area contributed by atoms with Crippen molar-refractivity contribution in [2.45, 2.75) is 0 Å². The van der Waals surface area contributed by atoms with Gasteiger partial charge in [0.15, 0.2) is 0 Å². The monoisotopic (exact) mass is 781 g/mol. The summed E-state index contributed by atoms with van der Waals surface area (Å²) in [5.74, 6) is 0.849. The van der Waals surface area contributed by atoms with Crippen molar-refractivity contribution in [1.29, 1.82) is 5.26 Å². The molecule has 61 heavy (non-hydrogen) atoms. The van der Waals surface area contributed by atoms with Crippen LogP contribution >= 0.6 is 0 Å². The summed E-state index contributed by atoms with van der Waals surface area (Å²) in [6, 6.07) is 70.9. The van der Waals surface area contributed by atoms with Crippen molar-refractivity contribution in [2.75, 3.05) is 7.11 Å². The molecule has 0 spiro atoms. The zero-order valence-corrected chi connectivity index (χ0v) is 33.1. The Hall–Kier alpha value is -8.33. The van der Waals surface area contributed by atoms with Gasteiger partial charge in [0.25, 0.3) is 0 Å². The van der Waals surface area contributed by atoms with Crippen molar-refractivity contribution in [3.8, 4) is 56.6 Å². The Labute approximate surface area is 351 Å². The highest BCUT2D eigenvalue weighted by atomic mass is 16.5. The van der Waals surface area contributed by atoms with Crippen molar-refractivity contribution in [3.63, 3.8) is 0 Å². The van der Waals surface area contributed by atoms with Crippen LogP contribution in [-0.2, 0) is 0 Å². The van der Waals surface area contributed by atoms with Gasteiger partial charge in [0.1, 0.15) is 16.9 Å². The summed E-state index contributed by atoms with van der Waals surface area (Å²) in [4.78, 5) is 0. The number of aromatic nitrogens is 2. The number of fused-ring (bicyclic) bond motifs is 9. The molecule has 3 heterocycles. The molecule has 12 rings (SSSR count). The average Bonchev–Trinajstić information content (AvgIpc) is 3.98. The first kappa shape index (κ1) is 34.7. The molecule has 5 heteroatoms. The lowest BCUT2D eigenvalue weighted by Gasteiger charge is -2.12. The Kier molecular flexibility index (Phi) is 7.75. The van der Waals surface area contributed by atoms with E-state index < -0.39 is 0 Å². The molecule has 0 saturated carbocycles. The predicted octanol–water partition coefficient (Wildman–Crippen LogP) is 14.7. The maximum atomic E-state index is 9.66. The summed E-state index contributed by atoms with van der Waals surface area (Å²) < 4.78 is 16.8. The van der Waals surface area contributed by atoms with E-state index in [1.165, 1.54) is 27.1 Å². The molecule has 0 aliphatic heterocycles. The van der Waals surface area contributed by atoms with Gasteiger partial charge >= 0.3 is 0 Å². The SMILES string of the molecule is COc1ccc(-c2ccc3c(c2)c2cc(-c4cccc5c4c4ccccc4n5-c4ccc5oc6ccc(C#N)cc6c5c4)ccc2n3-c2ccccc2)cc1-c1ccccc1. The van der Waals surface area contributed by atoms with Crippen molar-refractivity contribution in [2.24, 2.45) is 0 Å². The maximum Gasteiger partial charge on any atom is 0.135 e. The molecule has 0 aliphatic carbocycles. The second-order valence-electron chi connectivity index (χ2n) is 15.6. The van der Waals surface area contributed by atoms with Crippen molar-refractivity contribution >= 4 is 65.6 Å². The lowest BCUT2D eigenvalue weighted by atomic mass is 9.96. The predicted molar refractivity (Wildman–Crippen MR) is 250 cm³/mol. The maximum absolute atomic E-state index is 9.66. The fraction of sp³-hybridized carbons (Fsp3) is 0.0179. The molecule has 5 nitrogen and oxygen atoms in total. The second-order valence-corrected chi connectivity index (χ2v) is 15.6. The lowest BCUT2D eigenvalue weighted by Crippen LogP contribution is -1.94. The Morgan fingerprint density at radius 3 is 1.84 bits per heavy atom. The molecule has 0 fully saturated rings. The molecule has 0 saturated heterocycles. The minimum absolute atomic E-state index is 0.611. The van der Waals surface area contributed by atoms with Crippen molar-refractivity contribution < 1.29 is 9.15 Å². The summed E-state index contributed by atoms with van der Waals surface area (Å²) in [7, 11) is 1.73. The van der Waals surface area contributed by atoms with Gasteiger partial charge in [0.05, 0.1) is 40.8 Å². The number of furan rings is 1. The molecule has 286 valence electrons. The Morgan fingerprint density at radius 1 is 0.426 bits per heavy atom. The van der Waals surface area contributed by atoms with Crippen molar-refractivity contribution in [1.82, 2.24) is 9.13 Å². The van der Waals surface area contributed by atoms with Crippen LogP contribution in [0.4, 0.5) is 0 Å². The van der Waals surface area contributed by atoms with Crippen LogP contribution in [-0.4, -0.2) is 16.2 Å². The van der Waals surface area contributed by atoms with E-state index in [-0.39, 0.29) is 0 Å². The molecule has 0 amide bonds. The van der Waals surface area contributed by atoms with E-state index in [2.05, 4.69) is 179 Å². The second kappa shape index (κ2) is 13.6. The van der Waals surface area contributed by atoms with Crippen molar-refractivity contribution in [3.05, 3.63) is 200 Å². The summed E-state index contributed by atoms with van der Waals surface area (Å²) in [6.07, 6.45) is 0. The zero-order valence-electron chi connectivity index (χ0n) is 33.1. The summed E-state index contributed by atoms with van der Waals surface area (Å²) in [5.41, 5.74) is 15.6. The Morgan fingerprint density at radius 2 is 1.05 bits per heavy atom. The largest absolute Gasteiger partial charge is 0.496 e. The molecular weight excluding hydrogens is 747 g/mol. The normalized spacial score (nSPS) is 11.7. The minimum Gasteiger partial charge on any atom is -0.496 e. The highest BCUT2D eigenvalue weighted by Crippen LogP contribution is 2.43. The van der Waals surface area contributed by atoms with Gasteiger partial charge < -0.3 is 18.3 Å². The first-order valence-electron chi connectivity index (χ1n) is 20.4. The third kappa shape index (κ3) is 5.40. The van der Waals surface area contributed by atoms with Crippen LogP contribution in [0.15, 0.2) is 199 Å². The van der Waals surface area contributed by atoms with Crippen LogP contribution in [0.2, 0.25) is 0 Å². The van der Waals surface area contributed by atoms with E-state index in [1.54, 1.807) is 13.2 Å². The summed E-state index contributed by atoms with van der Waals surface area (Å²) in [5, 5.41) is 16.3. The molecule has 3 aromatic heterocycles. The highest BCUT2D eigenvalue weighted by molar-refractivity contribution is 6.18. The topological polar surface area (TPSA) is 56.0 Å². The molecule has 0 atom stereocenters. The highest BCUT2D eigenvalue weighted by Gasteiger charge is 2.20. The van der Waals surface area contributed by atoms with E-state index >= 15 is 0 Å². The van der Waals surface area contributed by atoms with E-state index in [9.17, 15) is 5.26 Å². The van der Waals surface area contributed by atoms with Gasteiger partial charge in [-0.15, -0.1) is 0 Å². The first-order chi connectivity index (χ1) is 30.1. The zero-order chi connectivity index (χ0) is 40.6. The standard InChI is InChI=1S/C56H35N3O2/c1-60-53-27-22-38(30-44(53)36-11-4-2-5-12-36)37-20-24-50-45(31-37)46-32-39(21-25-51(46)58(50)40-13-6-3-7-14-40)42-16-10-18-52-56(42)43-15-8-9-17-49(43)59(52)41-23-28-55-48(33-41)47-29-35(34-57)19-26-54(47)61-55/h2-33H,1H3. The Bertz CT molecular complexity index is 3750. The first-order valence-corrected chi connectivity index (χ1v) is 20.4. The fourth-order valence-corrected chi connectivity index (χ4v) is 9.47. The van der Waals surface area contributed by atoms with Crippen LogP contribution < -0.4 is 4.74 Å². The Balaban J connectivity index is 1.07. The van der Waals surface area contributed by atoms with Gasteiger partial charge in [0.2, 0.25) is 0 Å². The van der Waals surface area contributed by atoms with E-state index in [0.717, 1.165) is 88.9 Å². The lowest BCUT2D eigenvalue weighted by molar-refractivity contribution is 0.416. The molecule has 0 unspecified atom stereocenters. The number of nitriles is 1. The summed E-state index contributed by atoms with van der Waals surface area (Å²) >= 11 is 0. The van der Waals surface area contributed by atoms with E-state index in [0.29, 0.717) is 5.56 Å². The molecule has 0 radical (unpaired) electrons. The quantitative estimate of drug-likeness (QED) is 0.169. The van der Waals surface area contributed by atoms with E-state index in [4.69, 9.17) is 9.15 Å². The molecule has 0 bridgehead atoms. The molecular formula is C56H35N3O2. The average molecular weight is 782 g/mol. The minimum atomic E-state index is 0.611. The molecule has 9 aromatic carbocycles. The van der Waals surface area contributed by atoms with Crippen LogP contribution in [0.3, 0.4) is 0 Å². The number of ether oxygens (including phenoxy) is 1. The molecule has 0 aliphatic rings. The third-order valence-corrected chi connectivity index (χ3v) is 12.2. The number of methoxy groups -OCH3 is 1. The van der Waals surface area contributed by atoms with Gasteiger partial charge in [0, 0.05) is 49.3 Å². The number of nitrogens with zero attached hydrogens (tertiary/aromatic N) is 3. The molecule has 0 N–H and O–H groups in total. The third-order valence-electron chi connectivity index (χ3n) is 12.2. The van der Waals surface area contributed by atoms with Crippen LogP contribution in [0.1, 0.15) is 5.56 Å². The fourth-order valence-electron chi connectivity index (χ4n) is 9.47. The smallest absolute Gasteiger partial charge is 0.135 e. The number of rotatable bonds is 6. The van der Waals surface area contributed by atoms with Gasteiger partial charge in [-0.1, -0.05) is 97.1 Å². The summed E-state index contributed by atoms with van der Waals surface area (Å²) in [6.45, 7) is 0. The van der Waals surface area contributed by atoms with Gasteiger partial charge in [-0.25, -0.2) is 0 Å². The molecule has 12 aromatic rings. The number of para-hydroxylation sites is 2. The number of hydrogen-bond acceptors (Lipinski definition) is 3. The van der Waals surface area contributed by atoms with Gasteiger partial charge in [-0.2, -0.15) is 5.26 Å². The van der Waals surface area contributed by atoms with Crippen LogP contribution in [0, 0.1) is 11.3 Å². The van der Waals surface area contributed by atoms with Crippen LogP contribution in [0.5, 0.6) is 5.75 Å². The van der Waals surface area contributed by atoms with E-state index in [1.807, 2.05) is 24.3 Å². The van der Waals surface area contributed by atoms with Gasteiger partial charge in [-0.05, 0) is 125 Å². The number of benzene rings is 9. The number of hydrogen-bond donors (Lipinski definition) is 0.